The van der Waals surface area contributed by atoms with Crippen molar-refractivity contribution in [3.63, 3.8) is 0 Å². The van der Waals surface area contributed by atoms with Gasteiger partial charge in [-0.2, -0.15) is 0 Å². The van der Waals surface area contributed by atoms with E-state index in [2.05, 4.69) is 10.0 Å². The van der Waals surface area contributed by atoms with Crippen molar-refractivity contribution >= 4 is 50.5 Å². The molecule has 0 saturated carbocycles. The molecule has 1 aliphatic heterocycles. The first kappa shape index (κ1) is 19.8. The number of benzene rings is 1. The van der Waals surface area contributed by atoms with Crippen molar-refractivity contribution in [3.05, 3.63) is 46.8 Å². The first-order valence-corrected chi connectivity index (χ1v) is 11.0. The Kier molecular flexibility index (Phi) is 6.15. The topological polar surface area (TPSA) is 95.6 Å². The van der Waals surface area contributed by atoms with Crippen molar-refractivity contribution in [2.45, 2.75) is 10.6 Å². The fourth-order valence-electron chi connectivity index (χ4n) is 2.78. The predicted molar refractivity (Wildman–Crippen MR) is 104 cm³/mol. The quantitative estimate of drug-likeness (QED) is 0.659. The van der Waals surface area contributed by atoms with Crippen molar-refractivity contribution in [2.24, 2.45) is 5.92 Å². The van der Waals surface area contributed by atoms with Crippen molar-refractivity contribution in [1.82, 2.24) is 10.0 Å². The number of amides is 2. The minimum atomic E-state index is -3.55. The molecule has 7 nitrogen and oxygen atoms in total. The molecule has 2 heterocycles. The standard InChI is InChI=1S/C17H18ClN3O4S2/c18-13-3-1-4-14(10-13)21-11-12(9-15(21)22)17(23)19-6-7-20-27(24,25)16-5-2-8-26-16/h1-5,8,10,12,20H,6-7,9,11H2,(H,19,23)/t12-/m0/s1. The Hall–Kier alpha value is -1.94. The third-order valence-corrected chi connectivity index (χ3v) is 7.19. The fourth-order valence-corrected chi connectivity index (χ4v) is 5.03. The van der Waals surface area contributed by atoms with E-state index in [1.165, 1.54) is 11.0 Å². The molecule has 2 aromatic rings. The molecule has 10 heteroatoms. The molecular formula is C17H18ClN3O4S2. The normalized spacial score (nSPS) is 17.3. The van der Waals surface area contributed by atoms with Gasteiger partial charge in [-0.05, 0) is 29.6 Å². The van der Waals surface area contributed by atoms with Gasteiger partial charge in [-0.1, -0.05) is 23.7 Å². The van der Waals surface area contributed by atoms with Crippen LogP contribution in [0.2, 0.25) is 5.02 Å². The molecule has 0 spiro atoms. The zero-order valence-corrected chi connectivity index (χ0v) is 16.6. The van der Waals surface area contributed by atoms with E-state index in [-0.39, 0.29) is 42.1 Å². The first-order valence-electron chi connectivity index (χ1n) is 8.23. The minimum absolute atomic E-state index is 0.0741. The maximum Gasteiger partial charge on any atom is 0.250 e. The molecule has 1 aromatic carbocycles. The third-order valence-electron chi connectivity index (χ3n) is 4.09. The summed E-state index contributed by atoms with van der Waals surface area (Å²) in [6.45, 7) is 0.488. The summed E-state index contributed by atoms with van der Waals surface area (Å²) in [6.07, 6.45) is 0.110. The van der Waals surface area contributed by atoms with Crippen LogP contribution in [-0.4, -0.2) is 39.9 Å². The van der Waals surface area contributed by atoms with Crippen LogP contribution in [0.5, 0.6) is 0 Å². The third kappa shape index (κ3) is 4.86. The molecule has 2 amide bonds. The van der Waals surface area contributed by atoms with Gasteiger partial charge in [-0.3, -0.25) is 9.59 Å². The lowest BCUT2D eigenvalue weighted by atomic mass is 10.1. The van der Waals surface area contributed by atoms with Gasteiger partial charge in [0.15, 0.2) is 0 Å². The van der Waals surface area contributed by atoms with E-state index in [9.17, 15) is 18.0 Å². The van der Waals surface area contributed by atoms with Crippen LogP contribution in [0.15, 0.2) is 46.0 Å². The highest BCUT2D eigenvalue weighted by Crippen LogP contribution is 2.27. The maximum atomic E-state index is 12.3. The molecule has 0 bridgehead atoms. The maximum absolute atomic E-state index is 12.3. The second-order valence-corrected chi connectivity index (χ2v) is 9.38. The first-order chi connectivity index (χ1) is 12.9. The van der Waals surface area contributed by atoms with E-state index in [1.54, 1.807) is 35.7 Å². The number of sulfonamides is 1. The van der Waals surface area contributed by atoms with E-state index in [0.29, 0.717) is 10.7 Å². The smallest absolute Gasteiger partial charge is 0.250 e. The lowest BCUT2D eigenvalue weighted by Crippen LogP contribution is -2.38. The summed E-state index contributed by atoms with van der Waals surface area (Å²) in [5.74, 6) is -0.899. The number of nitrogens with one attached hydrogen (secondary N) is 2. The minimum Gasteiger partial charge on any atom is -0.354 e. The van der Waals surface area contributed by atoms with Crippen LogP contribution < -0.4 is 14.9 Å². The van der Waals surface area contributed by atoms with Gasteiger partial charge in [-0.25, -0.2) is 13.1 Å². The molecule has 27 heavy (non-hydrogen) atoms. The molecule has 144 valence electrons. The largest absolute Gasteiger partial charge is 0.354 e. The second-order valence-electron chi connectivity index (χ2n) is 6.01. The Labute approximate surface area is 166 Å². The number of halogens is 1. The van der Waals surface area contributed by atoms with Gasteiger partial charge in [0.25, 0.3) is 0 Å². The Balaban J connectivity index is 1.48. The zero-order valence-electron chi connectivity index (χ0n) is 14.2. The average molecular weight is 428 g/mol. The molecule has 1 aromatic heterocycles. The van der Waals surface area contributed by atoms with Gasteiger partial charge in [-0.15, -0.1) is 11.3 Å². The highest BCUT2D eigenvalue weighted by Gasteiger charge is 2.35. The molecule has 3 rings (SSSR count). The van der Waals surface area contributed by atoms with Crippen LogP contribution in [0.4, 0.5) is 5.69 Å². The van der Waals surface area contributed by atoms with Crippen LogP contribution in [0.25, 0.3) is 0 Å². The molecule has 0 unspecified atom stereocenters. The summed E-state index contributed by atoms with van der Waals surface area (Å²) >= 11 is 7.08. The zero-order chi connectivity index (χ0) is 19.4. The molecule has 1 aliphatic rings. The number of thiophene rings is 1. The summed E-state index contributed by atoms with van der Waals surface area (Å²) in [6, 6.07) is 10.1. The number of hydrogen-bond acceptors (Lipinski definition) is 5. The van der Waals surface area contributed by atoms with Crippen LogP contribution in [0.1, 0.15) is 6.42 Å². The Morgan fingerprint density at radius 1 is 1.26 bits per heavy atom. The SMILES string of the molecule is O=C(NCCNS(=O)(=O)c1cccs1)[C@H]1CC(=O)N(c2cccc(Cl)c2)C1. The van der Waals surface area contributed by atoms with Crippen LogP contribution in [0.3, 0.4) is 0 Å². The van der Waals surface area contributed by atoms with E-state index < -0.39 is 15.9 Å². The Morgan fingerprint density at radius 3 is 2.78 bits per heavy atom. The fraction of sp³-hybridized carbons (Fsp3) is 0.294. The van der Waals surface area contributed by atoms with Gasteiger partial charge in [0, 0.05) is 36.8 Å². The molecule has 1 fully saturated rings. The Morgan fingerprint density at radius 2 is 2.07 bits per heavy atom. The van der Waals surface area contributed by atoms with E-state index in [4.69, 9.17) is 11.6 Å². The van der Waals surface area contributed by atoms with Gasteiger partial charge in [0.1, 0.15) is 4.21 Å². The molecule has 2 N–H and O–H groups in total. The molecule has 0 aliphatic carbocycles. The monoisotopic (exact) mass is 427 g/mol. The predicted octanol–water partition coefficient (Wildman–Crippen LogP) is 1.85. The number of carbonyl (C=O) groups excluding carboxylic acids is 2. The summed E-state index contributed by atoms with van der Waals surface area (Å²) in [7, 11) is -3.55. The van der Waals surface area contributed by atoms with Gasteiger partial charge >= 0.3 is 0 Å². The average Bonchev–Trinajstić information content (AvgIpc) is 3.29. The van der Waals surface area contributed by atoms with Crippen LogP contribution in [0, 0.1) is 5.92 Å². The molecule has 1 saturated heterocycles. The molecule has 0 radical (unpaired) electrons. The Bertz CT molecular complexity index is 931. The number of anilines is 1. The van der Waals surface area contributed by atoms with Crippen molar-refractivity contribution in [2.75, 3.05) is 24.5 Å². The van der Waals surface area contributed by atoms with Crippen molar-refractivity contribution in [1.29, 1.82) is 0 Å². The summed E-state index contributed by atoms with van der Waals surface area (Å²) in [5, 5.41) is 4.88. The summed E-state index contributed by atoms with van der Waals surface area (Å²) in [4.78, 5) is 26.0. The number of nitrogens with zero attached hydrogens (tertiary/aromatic N) is 1. The van der Waals surface area contributed by atoms with E-state index in [1.807, 2.05) is 0 Å². The highest BCUT2D eigenvalue weighted by atomic mass is 35.5. The van der Waals surface area contributed by atoms with Crippen LogP contribution >= 0.6 is 22.9 Å². The lowest BCUT2D eigenvalue weighted by molar-refractivity contribution is -0.126. The lowest BCUT2D eigenvalue weighted by Gasteiger charge is -2.17. The van der Waals surface area contributed by atoms with Crippen molar-refractivity contribution < 1.29 is 18.0 Å². The van der Waals surface area contributed by atoms with Gasteiger partial charge < -0.3 is 10.2 Å². The highest BCUT2D eigenvalue weighted by molar-refractivity contribution is 7.91. The second kappa shape index (κ2) is 8.39. The summed E-state index contributed by atoms with van der Waals surface area (Å²) in [5.41, 5.74) is 0.659. The van der Waals surface area contributed by atoms with Gasteiger partial charge in [0.05, 0.1) is 5.92 Å². The molecular weight excluding hydrogens is 410 g/mol. The number of carbonyl (C=O) groups is 2. The summed E-state index contributed by atoms with van der Waals surface area (Å²) < 4.78 is 26.6. The van der Waals surface area contributed by atoms with E-state index >= 15 is 0 Å². The molecule has 1 atom stereocenters. The van der Waals surface area contributed by atoms with Crippen LogP contribution in [-0.2, 0) is 19.6 Å². The number of hydrogen-bond donors (Lipinski definition) is 2. The number of rotatable bonds is 7. The van der Waals surface area contributed by atoms with Gasteiger partial charge in [0.2, 0.25) is 21.8 Å². The van der Waals surface area contributed by atoms with Crippen molar-refractivity contribution in [3.8, 4) is 0 Å². The van der Waals surface area contributed by atoms with E-state index in [0.717, 1.165) is 11.3 Å².